The van der Waals surface area contributed by atoms with Crippen molar-refractivity contribution in [3.05, 3.63) is 60.2 Å². The van der Waals surface area contributed by atoms with E-state index in [9.17, 15) is 4.79 Å². The molecule has 0 aromatic heterocycles. The van der Waals surface area contributed by atoms with E-state index in [-0.39, 0.29) is 11.3 Å². The number of hydrogen-bond donors (Lipinski definition) is 1. The lowest BCUT2D eigenvalue weighted by atomic mass is 9.98. The highest BCUT2D eigenvalue weighted by Gasteiger charge is 2.30. The molecule has 1 heterocycles. The third-order valence-corrected chi connectivity index (χ3v) is 3.73. The van der Waals surface area contributed by atoms with Crippen LogP contribution in [0.4, 0.5) is 11.4 Å². The maximum atomic E-state index is 12.5. The Morgan fingerprint density at radius 3 is 2.52 bits per heavy atom. The first-order chi connectivity index (χ1) is 10.1. The Morgan fingerprint density at radius 2 is 1.76 bits per heavy atom. The van der Waals surface area contributed by atoms with E-state index in [1.54, 1.807) is 0 Å². The standard InChI is InChI=1S/C18H20N2O/c1-18(2)13-20(16-11-7-6-10-15(16)19-18)12-17(21)14-8-4-3-5-9-14/h3-11,19H,12-13H2,1-2H3. The second-order valence-corrected chi connectivity index (χ2v) is 6.17. The molecule has 3 heteroatoms. The quantitative estimate of drug-likeness (QED) is 0.872. The van der Waals surface area contributed by atoms with Crippen LogP contribution in [0.25, 0.3) is 0 Å². The van der Waals surface area contributed by atoms with Crippen molar-refractivity contribution in [1.29, 1.82) is 0 Å². The molecule has 21 heavy (non-hydrogen) atoms. The van der Waals surface area contributed by atoms with E-state index < -0.39 is 0 Å². The van der Waals surface area contributed by atoms with Gasteiger partial charge in [0.15, 0.2) is 5.78 Å². The summed E-state index contributed by atoms with van der Waals surface area (Å²) >= 11 is 0. The van der Waals surface area contributed by atoms with Gasteiger partial charge in [-0.3, -0.25) is 4.79 Å². The first-order valence-corrected chi connectivity index (χ1v) is 7.26. The summed E-state index contributed by atoms with van der Waals surface area (Å²) in [4.78, 5) is 14.6. The van der Waals surface area contributed by atoms with Gasteiger partial charge < -0.3 is 10.2 Å². The highest BCUT2D eigenvalue weighted by molar-refractivity contribution is 5.99. The van der Waals surface area contributed by atoms with Crippen molar-refractivity contribution < 1.29 is 4.79 Å². The van der Waals surface area contributed by atoms with Gasteiger partial charge in [0.2, 0.25) is 0 Å². The number of ketones is 1. The first-order valence-electron chi connectivity index (χ1n) is 7.26. The van der Waals surface area contributed by atoms with E-state index in [2.05, 4.69) is 36.2 Å². The fourth-order valence-corrected chi connectivity index (χ4v) is 2.85. The van der Waals surface area contributed by atoms with Gasteiger partial charge in [-0.15, -0.1) is 0 Å². The minimum atomic E-state index is -0.0503. The number of carbonyl (C=O) groups excluding carboxylic acids is 1. The zero-order chi connectivity index (χ0) is 14.9. The lowest BCUT2D eigenvalue weighted by molar-refractivity contribution is 0.0998. The van der Waals surface area contributed by atoms with Gasteiger partial charge in [-0.2, -0.15) is 0 Å². The van der Waals surface area contributed by atoms with Crippen LogP contribution in [0.3, 0.4) is 0 Å². The Hall–Kier alpha value is -2.29. The zero-order valence-electron chi connectivity index (χ0n) is 12.5. The van der Waals surface area contributed by atoms with Gasteiger partial charge in [-0.1, -0.05) is 42.5 Å². The summed E-state index contributed by atoms with van der Waals surface area (Å²) in [5, 5.41) is 3.53. The number of benzene rings is 2. The van der Waals surface area contributed by atoms with Crippen LogP contribution < -0.4 is 10.2 Å². The van der Waals surface area contributed by atoms with Crippen molar-refractivity contribution in [2.75, 3.05) is 23.3 Å². The third kappa shape index (κ3) is 2.92. The number of nitrogens with one attached hydrogen (secondary N) is 1. The number of para-hydroxylation sites is 2. The number of anilines is 2. The van der Waals surface area contributed by atoms with Crippen molar-refractivity contribution in [2.45, 2.75) is 19.4 Å². The van der Waals surface area contributed by atoms with Crippen LogP contribution >= 0.6 is 0 Å². The SMILES string of the molecule is CC1(C)CN(CC(=O)c2ccccc2)c2ccccc2N1. The van der Waals surface area contributed by atoms with E-state index in [0.717, 1.165) is 23.5 Å². The molecule has 1 N–H and O–H groups in total. The van der Waals surface area contributed by atoms with Gasteiger partial charge in [-0.25, -0.2) is 0 Å². The maximum Gasteiger partial charge on any atom is 0.182 e. The average Bonchev–Trinajstić information content (AvgIpc) is 2.47. The summed E-state index contributed by atoms with van der Waals surface area (Å²) in [6.45, 7) is 5.53. The van der Waals surface area contributed by atoms with Crippen LogP contribution in [0.5, 0.6) is 0 Å². The summed E-state index contributed by atoms with van der Waals surface area (Å²) in [5.41, 5.74) is 2.91. The molecule has 0 bridgehead atoms. The average molecular weight is 280 g/mol. The molecule has 0 saturated heterocycles. The lowest BCUT2D eigenvalue weighted by Gasteiger charge is -2.41. The Bertz CT molecular complexity index is 649. The van der Waals surface area contributed by atoms with Gasteiger partial charge in [0.1, 0.15) is 0 Å². The largest absolute Gasteiger partial charge is 0.377 e. The molecule has 0 spiro atoms. The van der Waals surface area contributed by atoms with E-state index in [1.807, 2.05) is 42.5 Å². The minimum absolute atomic E-state index is 0.0503. The Kier molecular flexibility index (Phi) is 3.42. The molecule has 0 fully saturated rings. The molecular formula is C18H20N2O. The van der Waals surface area contributed by atoms with Crippen LogP contribution in [0, 0.1) is 0 Å². The fraction of sp³-hybridized carbons (Fsp3) is 0.278. The molecule has 0 atom stereocenters. The third-order valence-electron chi connectivity index (χ3n) is 3.73. The summed E-state index contributed by atoms with van der Waals surface area (Å²) in [6, 6.07) is 17.7. The molecule has 0 amide bonds. The zero-order valence-corrected chi connectivity index (χ0v) is 12.5. The summed E-state index contributed by atoms with van der Waals surface area (Å²) in [5.74, 6) is 0.156. The predicted octanol–water partition coefficient (Wildman–Crippen LogP) is 3.58. The number of carbonyl (C=O) groups is 1. The number of nitrogens with zero attached hydrogens (tertiary/aromatic N) is 1. The molecule has 2 aromatic rings. The van der Waals surface area contributed by atoms with Gasteiger partial charge in [0, 0.05) is 17.6 Å². The molecule has 0 saturated carbocycles. The van der Waals surface area contributed by atoms with Crippen LogP contribution in [0.15, 0.2) is 54.6 Å². The second kappa shape index (κ2) is 5.24. The van der Waals surface area contributed by atoms with Crippen molar-refractivity contribution >= 4 is 17.2 Å². The number of hydrogen-bond acceptors (Lipinski definition) is 3. The Labute approximate surface area is 125 Å². The van der Waals surface area contributed by atoms with E-state index in [0.29, 0.717) is 6.54 Å². The molecule has 3 rings (SSSR count). The highest BCUT2D eigenvalue weighted by Crippen LogP contribution is 2.34. The monoisotopic (exact) mass is 280 g/mol. The summed E-state index contributed by atoms with van der Waals surface area (Å²) < 4.78 is 0. The predicted molar refractivity (Wildman–Crippen MR) is 87.1 cm³/mol. The maximum absolute atomic E-state index is 12.5. The Balaban J connectivity index is 1.87. The summed E-state index contributed by atoms with van der Waals surface area (Å²) in [7, 11) is 0. The van der Waals surface area contributed by atoms with Gasteiger partial charge in [0.05, 0.1) is 17.9 Å². The van der Waals surface area contributed by atoms with Crippen LogP contribution in [-0.2, 0) is 0 Å². The number of fused-ring (bicyclic) bond motifs is 1. The number of Topliss-reactive ketones (excluding diaryl/α,β-unsaturated/α-hetero) is 1. The molecule has 3 nitrogen and oxygen atoms in total. The molecular weight excluding hydrogens is 260 g/mol. The molecule has 108 valence electrons. The van der Waals surface area contributed by atoms with Gasteiger partial charge in [0.25, 0.3) is 0 Å². The molecule has 0 aliphatic carbocycles. The lowest BCUT2D eigenvalue weighted by Crippen LogP contribution is -2.50. The first kappa shape index (κ1) is 13.7. The number of rotatable bonds is 3. The molecule has 0 unspecified atom stereocenters. The fourth-order valence-electron chi connectivity index (χ4n) is 2.85. The second-order valence-electron chi connectivity index (χ2n) is 6.17. The highest BCUT2D eigenvalue weighted by atomic mass is 16.1. The minimum Gasteiger partial charge on any atom is -0.377 e. The van der Waals surface area contributed by atoms with Crippen LogP contribution in [0.2, 0.25) is 0 Å². The van der Waals surface area contributed by atoms with Gasteiger partial charge in [-0.05, 0) is 26.0 Å². The van der Waals surface area contributed by atoms with E-state index in [1.165, 1.54) is 0 Å². The van der Waals surface area contributed by atoms with Crippen molar-refractivity contribution in [3.63, 3.8) is 0 Å². The van der Waals surface area contributed by atoms with Crippen LogP contribution in [-0.4, -0.2) is 24.4 Å². The van der Waals surface area contributed by atoms with E-state index >= 15 is 0 Å². The molecule has 1 aliphatic rings. The topological polar surface area (TPSA) is 32.3 Å². The molecule has 1 aliphatic heterocycles. The molecule has 0 radical (unpaired) electrons. The van der Waals surface area contributed by atoms with E-state index in [4.69, 9.17) is 0 Å². The Morgan fingerprint density at radius 1 is 1.10 bits per heavy atom. The normalized spacial score (nSPS) is 16.0. The summed E-state index contributed by atoms with van der Waals surface area (Å²) in [6.07, 6.45) is 0. The van der Waals surface area contributed by atoms with Crippen molar-refractivity contribution in [3.8, 4) is 0 Å². The smallest absolute Gasteiger partial charge is 0.182 e. The van der Waals surface area contributed by atoms with Crippen molar-refractivity contribution in [2.24, 2.45) is 0 Å². The van der Waals surface area contributed by atoms with Gasteiger partial charge >= 0.3 is 0 Å². The van der Waals surface area contributed by atoms with Crippen LogP contribution in [0.1, 0.15) is 24.2 Å². The molecule has 2 aromatic carbocycles. The van der Waals surface area contributed by atoms with Crippen molar-refractivity contribution in [1.82, 2.24) is 0 Å².